The maximum absolute atomic E-state index is 5.83. The zero-order valence-corrected chi connectivity index (χ0v) is 12.6. The van der Waals surface area contributed by atoms with Crippen LogP contribution in [0, 0.1) is 0 Å². The van der Waals surface area contributed by atoms with Gasteiger partial charge in [-0.05, 0) is 13.1 Å². The highest BCUT2D eigenvalue weighted by Gasteiger charge is 2.17. The number of methoxy groups -OCH3 is 1. The van der Waals surface area contributed by atoms with Gasteiger partial charge in [-0.2, -0.15) is 0 Å². The van der Waals surface area contributed by atoms with E-state index in [0.29, 0.717) is 26.4 Å². The minimum absolute atomic E-state index is 0.269. The van der Waals surface area contributed by atoms with E-state index in [4.69, 9.17) is 23.7 Å². The van der Waals surface area contributed by atoms with Crippen LogP contribution in [0.25, 0.3) is 0 Å². The summed E-state index contributed by atoms with van der Waals surface area (Å²) in [5.41, 5.74) is 1.06. The highest BCUT2D eigenvalue weighted by Crippen LogP contribution is 2.38. The van der Waals surface area contributed by atoms with Crippen molar-refractivity contribution in [1.82, 2.24) is 5.32 Å². The lowest BCUT2D eigenvalue weighted by atomic mass is 10.1. The van der Waals surface area contributed by atoms with Gasteiger partial charge in [-0.1, -0.05) is 0 Å². The lowest BCUT2D eigenvalue weighted by Crippen LogP contribution is -2.10. The molecule has 1 aliphatic rings. The molecule has 118 valence electrons. The van der Waals surface area contributed by atoms with Gasteiger partial charge in [0.25, 0.3) is 0 Å². The Morgan fingerprint density at radius 2 is 1.90 bits per heavy atom. The molecule has 6 nitrogen and oxygen atoms in total. The Bertz CT molecular complexity index is 438. The maximum atomic E-state index is 5.83. The first kappa shape index (κ1) is 15.9. The van der Waals surface area contributed by atoms with E-state index in [1.54, 1.807) is 7.11 Å². The Kier molecular flexibility index (Phi) is 6.59. The van der Waals surface area contributed by atoms with Crippen molar-refractivity contribution in [3.05, 3.63) is 17.7 Å². The molecule has 0 fully saturated rings. The van der Waals surface area contributed by atoms with Crippen molar-refractivity contribution in [3.63, 3.8) is 0 Å². The molecular weight excluding hydrogens is 274 g/mol. The van der Waals surface area contributed by atoms with Crippen LogP contribution >= 0.6 is 0 Å². The monoisotopic (exact) mass is 297 g/mol. The molecular formula is C15H23NO5. The number of nitrogens with one attached hydrogen (secondary N) is 1. The summed E-state index contributed by atoms with van der Waals surface area (Å²) in [6.45, 7) is 3.49. The number of benzene rings is 1. The van der Waals surface area contributed by atoms with E-state index in [2.05, 4.69) is 5.32 Å². The van der Waals surface area contributed by atoms with Gasteiger partial charge in [0, 0.05) is 38.3 Å². The van der Waals surface area contributed by atoms with Crippen LogP contribution in [-0.4, -0.2) is 47.4 Å². The first-order valence-electron chi connectivity index (χ1n) is 7.11. The Hall–Kier alpha value is -1.50. The molecule has 2 rings (SSSR count). The Labute approximate surface area is 125 Å². The number of fused-ring (bicyclic) bond motifs is 1. The molecule has 0 amide bonds. The summed E-state index contributed by atoms with van der Waals surface area (Å²) in [5, 5.41) is 3.13. The van der Waals surface area contributed by atoms with Crippen LogP contribution in [-0.2, 0) is 16.0 Å². The van der Waals surface area contributed by atoms with E-state index < -0.39 is 0 Å². The van der Waals surface area contributed by atoms with Gasteiger partial charge in [0.15, 0.2) is 11.5 Å². The molecule has 1 aromatic carbocycles. The summed E-state index contributed by atoms with van der Waals surface area (Å²) in [4.78, 5) is 0. The summed E-state index contributed by atoms with van der Waals surface area (Å²) < 4.78 is 26.9. The van der Waals surface area contributed by atoms with Gasteiger partial charge in [0.1, 0.15) is 5.75 Å². The summed E-state index contributed by atoms with van der Waals surface area (Å²) in [7, 11) is 3.56. The fourth-order valence-electron chi connectivity index (χ4n) is 2.02. The van der Waals surface area contributed by atoms with Crippen molar-refractivity contribution in [1.29, 1.82) is 0 Å². The molecule has 0 spiro atoms. The molecule has 0 radical (unpaired) electrons. The molecule has 0 aliphatic carbocycles. The van der Waals surface area contributed by atoms with Crippen LogP contribution in [0.15, 0.2) is 12.1 Å². The standard InChI is InChI=1S/C15H23NO5/c1-16-10-12-8-14-15(21-11-20-14)9-13(12)19-5-3-4-18-7-6-17-2/h8-9,16H,3-7,10-11H2,1-2H3. The van der Waals surface area contributed by atoms with Crippen molar-refractivity contribution in [2.75, 3.05) is 47.4 Å². The van der Waals surface area contributed by atoms with Crippen LogP contribution in [0.5, 0.6) is 17.2 Å². The molecule has 1 heterocycles. The number of hydrogen-bond acceptors (Lipinski definition) is 6. The molecule has 0 aromatic heterocycles. The molecule has 0 unspecified atom stereocenters. The molecule has 0 saturated carbocycles. The van der Waals surface area contributed by atoms with Gasteiger partial charge < -0.3 is 29.0 Å². The van der Waals surface area contributed by atoms with E-state index >= 15 is 0 Å². The Balaban J connectivity index is 1.81. The van der Waals surface area contributed by atoms with Crippen LogP contribution in [0.3, 0.4) is 0 Å². The lowest BCUT2D eigenvalue weighted by Gasteiger charge is -2.12. The predicted octanol–water partition coefficient (Wildman–Crippen LogP) is 1.57. The van der Waals surface area contributed by atoms with Crippen molar-refractivity contribution in [2.45, 2.75) is 13.0 Å². The molecule has 0 saturated heterocycles. The fraction of sp³-hybridized carbons (Fsp3) is 0.600. The van der Waals surface area contributed by atoms with Gasteiger partial charge in [-0.3, -0.25) is 0 Å². The second kappa shape index (κ2) is 8.71. The normalized spacial score (nSPS) is 12.7. The van der Waals surface area contributed by atoms with Crippen molar-refractivity contribution in [3.8, 4) is 17.2 Å². The van der Waals surface area contributed by atoms with Crippen molar-refractivity contribution in [2.24, 2.45) is 0 Å². The third kappa shape index (κ3) is 4.77. The van der Waals surface area contributed by atoms with Gasteiger partial charge in [0.05, 0.1) is 19.8 Å². The molecule has 0 bridgehead atoms. The Morgan fingerprint density at radius 1 is 1.10 bits per heavy atom. The van der Waals surface area contributed by atoms with Gasteiger partial charge >= 0.3 is 0 Å². The van der Waals surface area contributed by atoms with Crippen LogP contribution in [0.1, 0.15) is 12.0 Å². The number of rotatable bonds is 10. The highest BCUT2D eigenvalue weighted by atomic mass is 16.7. The zero-order valence-electron chi connectivity index (χ0n) is 12.6. The summed E-state index contributed by atoms with van der Waals surface area (Å²) in [6.07, 6.45) is 0.831. The van der Waals surface area contributed by atoms with Crippen molar-refractivity contribution >= 4 is 0 Å². The Morgan fingerprint density at radius 3 is 2.67 bits per heavy atom. The van der Waals surface area contributed by atoms with E-state index in [-0.39, 0.29) is 6.79 Å². The van der Waals surface area contributed by atoms with Gasteiger partial charge in [-0.15, -0.1) is 0 Å². The van der Waals surface area contributed by atoms with Crippen LogP contribution in [0.4, 0.5) is 0 Å². The molecule has 21 heavy (non-hydrogen) atoms. The molecule has 6 heteroatoms. The van der Waals surface area contributed by atoms with Crippen molar-refractivity contribution < 1.29 is 23.7 Å². The highest BCUT2D eigenvalue weighted by molar-refractivity contribution is 5.51. The minimum atomic E-state index is 0.269. The van der Waals surface area contributed by atoms with Gasteiger partial charge in [0.2, 0.25) is 6.79 Å². The van der Waals surface area contributed by atoms with E-state index in [1.165, 1.54) is 0 Å². The van der Waals surface area contributed by atoms with E-state index in [9.17, 15) is 0 Å². The minimum Gasteiger partial charge on any atom is -0.493 e. The summed E-state index contributed by atoms with van der Waals surface area (Å²) in [5.74, 6) is 2.34. The maximum Gasteiger partial charge on any atom is 0.231 e. The molecule has 0 atom stereocenters. The first-order chi connectivity index (χ1) is 10.3. The molecule has 1 aromatic rings. The fourth-order valence-corrected chi connectivity index (χ4v) is 2.02. The predicted molar refractivity (Wildman–Crippen MR) is 78.1 cm³/mol. The van der Waals surface area contributed by atoms with Crippen LogP contribution < -0.4 is 19.5 Å². The van der Waals surface area contributed by atoms with Crippen LogP contribution in [0.2, 0.25) is 0 Å². The smallest absolute Gasteiger partial charge is 0.231 e. The molecule has 1 aliphatic heterocycles. The first-order valence-corrected chi connectivity index (χ1v) is 7.11. The van der Waals surface area contributed by atoms with E-state index in [0.717, 1.165) is 35.8 Å². The third-order valence-corrected chi connectivity index (χ3v) is 3.05. The zero-order chi connectivity index (χ0) is 14.9. The van der Waals surface area contributed by atoms with E-state index in [1.807, 2.05) is 19.2 Å². The second-order valence-electron chi connectivity index (χ2n) is 4.65. The number of ether oxygens (including phenoxy) is 5. The molecule has 1 N–H and O–H groups in total. The summed E-state index contributed by atoms with van der Waals surface area (Å²) >= 11 is 0. The lowest BCUT2D eigenvalue weighted by molar-refractivity contribution is 0.0644. The largest absolute Gasteiger partial charge is 0.493 e. The quantitative estimate of drug-likeness (QED) is 0.662. The SMILES string of the molecule is CNCc1cc2c(cc1OCCCOCCOC)OCO2. The average Bonchev–Trinajstić information content (AvgIpc) is 2.94. The number of hydrogen-bond donors (Lipinski definition) is 1. The topological polar surface area (TPSA) is 58.2 Å². The second-order valence-corrected chi connectivity index (χ2v) is 4.65. The third-order valence-electron chi connectivity index (χ3n) is 3.05. The average molecular weight is 297 g/mol. The summed E-state index contributed by atoms with van der Waals surface area (Å²) in [6, 6.07) is 3.85. The van der Waals surface area contributed by atoms with Gasteiger partial charge in [-0.25, -0.2) is 0 Å².